The molecule has 0 unspecified atom stereocenters. The zero-order valence-electron chi connectivity index (χ0n) is 11.4. The Hall–Kier alpha value is -2.01. The molecule has 2 N–H and O–H groups in total. The lowest BCUT2D eigenvalue weighted by molar-refractivity contribution is -0.384. The number of nitro groups is 1. The summed E-state index contributed by atoms with van der Waals surface area (Å²) in [6.07, 6.45) is 0. The fourth-order valence-electron chi connectivity index (χ4n) is 1.80. The number of aryl methyl sites for hydroxylation is 2. The number of nitrogens with zero attached hydrogens (tertiary/aromatic N) is 1. The van der Waals surface area contributed by atoms with E-state index >= 15 is 0 Å². The van der Waals surface area contributed by atoms with Crippen LogP contribution in [0.2, 0.25) is 0 Å². The smallest absolute Gasteiger partial charge is 0.269 e. The molecule has 0 saturated heterocycles. The second-order valence-corrected chi connectivity index (χ2v) is 5.72. The molecule has 4 nitrogen and oxygen atoms in total. The zero-order chi connectivity index (χ0) is 14.7. The number of hydrogen-bond acceptors (Lipinski definition) is 4. The molecule has 0 aliphatic rings. The number of anilines is 1. The topological polar surface area (TPSA) is 69.2 Å². The molecular formula is C15H16N2O2S. The summed E-state index contributed by atoms with van der Waals surface area (Å²) < 4.78 is 0. The van der Waals surface area contributed by atoms with Crippen molar-refractivity contribution in [2.45, 2.75) is 24.5 Å². The summed E-state index contributed by atoms with van der Waals surface area (Å²) in [5.41, 5.74) is 9.83. The van der Waals surface area contributed by atoms with E-state index < -0.39 is 4.92 Å². The Morgan fingerprint density at radius 1 is 1.15 bits per heavy atom. The number of nitrogen functional groups attached to an aromatic ring is 1. The predicted molar refractivity (Wildman–Crippen MR) is 83.0 cm³/mol. The van der Waals surface area contributed by atoms with Gasteiger partial charge in [0.05, 0.1) is 4.92 Å². The largest absolute Gasteiger partial charge is 0.398 e. The highest BCUT2D eigenvalue weighted by molar-refractivity contribution is 7.98. The summed E-state index contributed by atoms with van der Waals surface area (Å²) in [4.78, 5) is 11.5. The van der Waals surface area contributed by atoms with Gasteiger partial charge in [-0.3, -0.25) is 10.1 Å². The van der Waals surface area contributed by atoms with Crippen molar-refractivity contribution < 1.29 is 4.92 Å². The van der Waals surface area contributed by atoms with Crippen LogP contribution in [-0.2, 0) is 5.75 Å². The number of thioether (sulfide) groups is 1. The van der Waals surface area contributed by atoms with Gasteiger partial charge in [-0.2, -0.15) is 0 Å². The number of nitrogens with two attached hydrogens (primary N) is 1. The summed E-state index contributed by atoms with van der Waals surface area (Å²) in [7, 11) is 0. The van der Waals surface area contributed by atoms with Gasteiger partial charge in [-0.15, -0.1) is 11.8 Å². The van der Waals surface area contributed by atoms with E-state index in [4.69, 9.17) is 5.73 Å². The SMILES string of the molecule is Cc1ccc(SCc2cc([N+](=O)[O-])ccc2N)cc1C. The molecule has 2 aromatic rings. The molecule has 0 saturated carbocycles. The Balaban J connectivity index is 2.15. The van der Waals surface area contributed by atoms with Gasteiger partial charge in [0.25, 0.3) is 5.69 Å². The summed E-state index contributed by atoms with van der Waals surface area (Å²) in [6.45, 7) is 4.14. The molecule has 0 fully saturated rings. The molecule has 20 heavy (non-hydrogen) atoms. The van der Waals surface area contributed by atoms with Gasteiger partial charge < -0.3 is 5.73 Å². The van der Waals surface area contributed by atoms with E-state index in [-0.39, 0.29) is 5.69 Å². The van der Waals surface area contributed by atoms with Gasteiger partial charge in [0, 0.05) is 28.5 Å². The third kappa shape index (κ3) is 3.30. The molecule has 2 rings (SSSR count). The quantitative estimate of drug-likeness (QED) is 0.398. The summed E-state index contributed by atoms with van der Waals surface area (Å²) >= 11 is 1.63. The Bertz CT molecular complexity index is 656. The van der Waals surface area contributed by atoms with E-state index in [1.165, 1.54) is 17.2 Å². The summed E-state index contributed by atoms with van der Waals surface area (Å²) in [5, 5.41) is 10.8. The molecule has 2 aromatic carbocycles. The van der Waals surface area contributed by atoms with Crippen molar-refractivity contribution in [2.24, 2.45) is 0 Å². The standard InChI is InChI=1S/C15H16N2O2S/c1-10-3-5-14(7-11(10)2)20-9-12-8-13(17(18)19)4-6-15(12)16/h3-8H,9,16H2,1-2H3. The minimum Gasteiger partial charge on any atom is -0.398 e. The number of nitro benzene ring substituents is 1. The minimum atomic E-state index is -0.399. The third-order valence-corrected chi connectivity index (χ3v) is 4.25. The van der Waals surface area contributed by atoms with Gasteiger partial charge in [0.15, 0.2) is 0 Å². The van der Waals surface area contributed by atoms with E-state index in [9.17, 15) is 10.1 Å². The fourth-order valence-corrected chi connectivity index (χ4v) is 2.79. The normalized spacial score (nSPS) is 10.5. The summed E-state index contributed by atoms with van der Waals surface area (Å²) in [5.74, 6) is 0.621. The van der Waals surface area contributed by atoms with E-state index in [0.717, 1.165) is 10.5 Å². The molecule has 104 valence electrons. The Morgan fingerprint density at radius 3 is 2.55 bits per heavy atom. The minimum absolute atomic E-state index is 0.0786. The van der Waals surface area contributed by atoms with Crippen molar-refractivity contribution in [1.82, 2.24) is 0 Å². The van der Waals surface area contributed by atoms with Gasteiger partial charge in [0.2, 0.25) is 0 Å². The van der Waals surface area contributed by atoms with Crippen LogP contribution in [0.5, 0.6) is 0 Å². The molecule has 0 heterocycles. The highest BCUT2D eigenvalue weighted by Gasteiger charge is 2.09. The van der Waals surface area contributed by atoms with Crippen LogP contribution in [0.1, 0.15) is 16.7 Å². The zero-order valence-corrected chi connectivity index (χ0v) is 12.2. The third-order valence-electron chi connectivity index (χ3n) is 3.21. The van der Waals surface area contributed by atoms with Crippen LogP contribution in [-0.4, -0.2) is 4.92 Å². The van der Waals surface area contributed by atoms with E-state index in [0.29, 0.717) is 11.4 Å². The average molecular weight is 288 g/mol. The van der Waals surface area contributed by atoms with E-state index in [2.05, 4.69) is 32.0 Å². The molecular weight excluding hydrogens is 272 g/mol. The average Bonchev–Trinajstić information content (AvgIpc) is 2.41. The maximum atomic E-state index is 10.8. The molecule has 5 heteroatoms. The molecule has 0 amide bonds. The molecule has 0 bridgehead atoms. The highest BCUT2D eigenvalue weighted by atomic mass is 32.2. The van der Waals surface area contributed by atoms with Crippen LogP contribution >= 0.6 is 11.8 Å². The van der Waals surface area contributed by atoms with Gasteiger partial charge >= 0.3 is 0 Å². The maximum absolute atomic E-state index is 10.8. The summed E-state index contributed by atoms with van der Waals surface area (Å²) in [6, 6.07) is 10.8. The lowest BCUT2D eigenvalue weighted by Gasteiger charge is -2.07. The first kappa shape index (κ1) is 14.4. The van der Waals surface area contributed by atoms with E-state index in [1.54, 1.807) is 23.9 Å². The van der Waals surface area contributed by atoms with Crippen molar-refractivity contribution in [3.63, 3.8) is 0 Å². The Kier molecular flexibility index (Phi) is 4.29. The number of benzene rings is 2. The van der Waals surface area contributed by atoms with Crippen molar-refractivity contribution in [3.8, 4) is 0 Å². The first-order chi connectivity index (χ1) is 9.47. The Labute approximate surface area is 122 Å². The first-order valence-corrected chi connectivity index (χ1v) is 7.19. The molecule has 0 aliphatic heterocycles. The molecule has 0 spiro atoms. The van der Waals surface area contributed by atoms with Gasteiger partial charge in [-0.25, -0.2) is 0 Å². The number of non-ortho nitro benzene ring substituents is 1. The van der Waals surface area contributed by atoms with Gasteiger partial charge in [0.1, 0.15) is 0 Å². The van der Waals surface area contributed by atoms with E-state index in [1.807, 2.05) is 0 Å². The maximum Gasteiger partial charge on any atom is 0.269 e. The van der Waals surface area contributed by atoms with Gasteiger partial charge in [-0.05, 0) is 48.7 Å². The lowest BCUT2D eigenvalue weighted by Crippen LogP contribution is -1.95. The molecule has 0 atom stereocenters. The fraction of sp³-hybridized carbons (Fsp3) is 0.200. The molecule has 0 aromatic heterocycles. The van der Waals surface area contributed by atoms with Crippen molar-refractivity contribution in [3.05, 3.63) is 63.2 Å². The monoisotopic (exact) mass is 288 g/mol. The highest BCUT2D eigenvalue weighted by Crippen LogP contribution is 2.29. The van der Waals surface area contributed by atoms with Crippen LogP contribution in [0.25, 0.3) is 0 Å². The van der Waals surface area contributed by atoms with Crippen LogP contribution in [0.4, 0.5) is 11.4 Å². The number of hydrogen-bond donors (Lipinski definition) is 1. The van der Waals surface area contributed by atoms with Crippen LogP contribution < -0.4 is 5.73 Å². The van der Waals surface area contributed by atoms with Gasteiger partial charge in [-0.1, -0.05) is 6.07 Å². The van der Waals surface area contributed by atoms with Crippen LogP contribution in [0.3, 0.4) is 0 Å². The second-order valence-electron chi connectivity index (χ2n) is 4.67. The first-order valence-electron chi connectivity index (χ1n) is 6.20. The molecule has 0 radical (unpaired) electrons. The van der Waals surface area contributed by atoms with Crippen LogP contribution in [0.15, 0.2) is 41.3 Å². The van der Waals surface area contributed by atoms with Crippen molar-refractivity contribution >= 4 is 23.1 Å². The second kappa shape index (κ2) is 5.96. The predicted octanol–water partition coefficient (Wildman–Crippen LogP) is 4.09. The van der Waals surface area contributed by atoms with Crippen molar-refractivity contribution in [2.75, 3.05) is 5.73 Å². The number of rotatable bonds is 4. The lowest BCUT2D eigenvalue weighted by atomic mass is 10.1. The molecule has 0 aliphatic carbocycles. The Morgan fingerprint density at radius 2 is 1.90 bits per heavy atom. The van der Waals surface area contributed by atoms with Crippen molar-refractivity contribution in [1.29, 1.82) is 0 Å². The van der Waals surface area contributed by atoms with Crippen LogP contribution in [0, 0.1) is 24.0 Å².